The predicted molar refractivity (Wildman–Crippen MR) is 105 cm³/mol. The van der Waals surface area contributed by atoms with Crippen molar-refractivity contribution < 1.29 is 9.59 Å². The topological polar surface area (TPSA) is 58.2 Å². The van der Waals surface area contributed by atoms with Crippen LogP contribution < -0.4 is 10.6 Å². The number of carbonyl (C=O) groups excluding carboxylic acids is 2. The Labute approximate surface area is 163 Å². The molecule has 0 fully saturated rings. The summed E-state index contributed by atoms with van der Waals surface area (Å²) in [6.07, 6.45) is 0.744. The fraction of sp³-hybridized carbons (Fsp3) is 0.300. The third kappa shape index (κ3) is 6.04. The quantitative estimate of drug-likeness (QED) is 0.673. The van der Waals surface area contributed by atoms with E-state index in [1.165, 1.54) is 11.1 Å². The number of halogens is 2. The minimum atomic E-state index is -1.19. The van der Waals surface area contributed by atoms with Crippen molar-refractivity contribution in [2.75, 3.05) is 6.54 Å². The Morgan fingerprint density at radius 1 is 0.885 bits per heavy atom. The first kappa shape index (κ1) is 20.3. The lowest BCUT2D eigenvalue weighted by molar-refractivity contribution is -0.127. The molecular weight excluding hydrogens is 371 g/mol. The SMILES string of the molecule is CC(NC(=O)C(Cl)Cl)C(=O)NCCC(c1ccccc1)c1ccccc1. The van der Waals surface area contributed by atoms with Crippen LogP contribution in [0.1, 0.15) is 30.4 Å². The van der Waals surface area contributed by atoms with Gasteiger partial charge in [0.15, 0.2) is 4.84 Å². The minimum Gasteiger partial charge on any atom is -0.354 e. The van der Waals surface area contributed by atoms with Crippen molar-refractivity contribution in [3.8, 4) is 0 Å². The molecule has 2 amide bonds. The Balaban J connectivity index is 1.96. The lowest BCUT2D eigenvalue weighted by Crippen LogP contribution is -2.46. The van der Waals surface area contributed by atoms with Crippen molar-refractivity contribution in [3.63, 3.8) is 0 Å². The Bertz CT molecular complexity index is 669. The summed E-state index contributed by atoms with van der Waals surface area (Å²) in [7, 11) is 0. The number of carbonyl (C=O) groups is 2. The smallest absolute Gasteiger partial charge is 0.253 e. The Kier molecular flexibility index (Phi) is 7.95. The van der Waals surface area contributed by atoms with E-state index < -0.39 is 16.8 Å². The lowest BCUT2D eigenvalue weighted by atomic mass is 9.88. The van der Waals surface area contributed by atoms with Gasteiger partial charge in [0.25, 0.3) is 5.91 Å². The molecule has 0 aliphatic rings. The molecule has 0 aliphatic carbocycles. The highest BCUT2D eigenvalue weighted by molar-refractivity contribution is 6.53. The fourth-order valence-corrected chi connectivity index (χ4v) is 2.86. The highest BCUT2D eigenvalue weighted by atomic mass is 35.5. The molecule has 138 valence electrons. The molecule has 0 spiro atoms. The highest BCUT2D eigenvalue weighted by Crippen LogP contribution is 2.27. The number of hydrogen-bond donors (Lipinski definition) is 2. The van der Waals surface area contributed by atoms with Gasteiger partial charge in [-0.1, -0.05) is 83.9 Å². The number of amides is 2. The van der Waals surface area contributed by atoms with E-state index in [1.54, 1.807) is 6.92 Å². The molecular formula is C20H22Cl2N2O2. The maximum absolute atomic E-state index is 12.1. The zero-order chi connectivity index (χ0) is 18.9. The van der Waals surface area contributed by atoms with Gasteiger partial charge in [-0.3, -0.25) is 9.59 Å². The molecule has 6 heteroatoms. The van der Waals surface area contributed by atoms with E-state index in [0.29, 0.717) is 6.54 Å². The number of benzene rings is 2. The molecule has 4 nitrogen and oxygen atoms in total. The highest BCUT2D eigenvalue weighted by Gasteiger charge is 2.20. The molecule has 0 heterocycles. The van der Waals surface area contributed by atoms with Gasteiger partial charge in [0.1, 0.15) is 6.04 Å². The van der Waals surface area contributed by atoms with Crippen molar-refractivity contribution in [2.45, 2.75) is 30.1 Å². The maximum Gasteiger partial charge on any atom is 0.253 e. The fourth-order valence-electron chi connectivity index (χ4n) is 2.73. The first-order valence-electron chi connectivity index (χ1n) is 8.45. The Morgan fingerprint density at radius 2 is 1.38 bits per heavy atom. The largest absolute Gasteiger partial charge is 0.354 e. The normalized spacial score (nSPS) is 12.0. The van der Waals surface area contributed by atoms with Crippen molar-refractivity contribution in [1.29, 1.82) is 0 Å². The second-order valence-corrected chi connectivity index (χ2v) is 7.08. The molecule has 26 heavy (non-hydrogen) atoms. The molecule has 0 saturated heterocycles. The Morgan fingerprint density at radius 3 is 1.85 bits per heavy atom. The van der Waals surface area contributed by atoms with Crippen LogP contribution in [0.3, 0.4) is 0 Å². The molecule has 2 aromatic carbocycles. The molecule has 0 saturated carbocycles. The summed E-state index contributed by atoms with van der Waals surface area (Å²) >= 11 is 11.0. The number of nitrogens with one attached hydrogen (secondary N) is 2. The van der Waals surface area contributed by atoms with Crippen molar-refractivity contribution in [1.82, 2.24) is 10.6 Å². The summed E-state index contributed by atoms with van der Waals surface area (Å²) in [4.78, 5) is 22.4. The van der Waals surface area contributed by atoms with Crippen LogP contribution in [0.2, 0.25) is 0 Å². The van der Waals surface area contributed by atoms with Gasteiger partial charge in [0, 0.05) is 12.5 Å². The van der Waals surface area contributed by atoms with E-state index in [1.807, 2.05) is 36.4 Å². The average Bonchev–Trinajstić information content (AvgIpc) is 2.66. The van der Waals surface area contributed by atoms with Gasteiger partial charge in [-0.05, 0) is 24.5 Å². The summed E-state index contributed by atoms with van der Waals surface area (Å²) in [6, 6.07) is 19.7. The Hall–Kier alpha value is -2.04. The van der Waals surface area contributed by atoms with E-state index in [-0.39, 0.29) is 11.8 Å². The number of alkyl halides is 2. The number of hydrogen-bond acceptors (Lipinski definition) is 2. The van der Waals surface area contributed by atoms with Crippen molar-refractivity contribution in [3.05, 3.63) is 71.8 Å². The van der Waals surface area contributed by atoms with Crippen LogP contribution in [-0.4, -0.2) is 29.2 Å². The maximum atomic E-state index is 12.1. The van der Waals surface area contributed by atoms with Crippen molar-refractivity contribution in [2.24, 2.45) is 0 Å². The monoisotopic (exact) mass is 392 g/mol. The summed E-state index contributed by atoms with van der Waals surface area (Å²) < 4.78 is 0. The summed E-state index contributed by atoms with van der Waals surface area (Å²) in [5.41, 5.74) is 2.39. The van der Waals surface area contributed by atoms with Gasteiger partial charge >= 0.3 is 0 Å². The van der Waals surface area contributed by atoms with Crippen LogP contribution in [0, 0.1) is 0 Å². The first-order chi connectivity index (χ1) is 12.5. The molecule has 1 unspecified atom stereocenters. The minimum absolute atomic E-state index is 0.178. The van der Waals surface area contributed by atoms with Gasteiger partial charge in [-0.25, -0.2) is 0 Å². The van der Waals surface area contributed by atoms with Crippen LogP contribution in [0.4, 0.5) is 0 Å². The van der Waals surface area contributed by atoms with Gasteiger partial charge in [0.05, 0.1) is 0 Å². The third-order valence-electron chi connectivity index (χ3n) is 4.09. The summed E-state index contributed by atoms with van der Waals surface area (Å²) in [5, 5.41) is 5.32. The molecule has 1 atom stereocenters. The molecule has 0 bridgehead atoms. The standard InChI is InChI=1S/C20H22Cl2N2O2/c1-14(24-20(26)18(21)22)19(25)23-13-12-17(15-8-4-2-5-9-15)16-10-6-3-7-11-16/h2-11,14,17-18H,12-13H2,1H3,(H,23,25)(H,24,26). The van der Waals surface area contributed by atoms with Crippen LogP contribution in [0.25, 0.3) is 0 Å². The molecule has 2 rings (SSSR count). The predicted octanol–water partition coefficient (Wildman–Crippen LogP) is 3.63. The summed E-state index contributed by atoms with van der Waals surface area (Å²) in [6.45, 7) is 2.08. The third-order valence-corrected chi connectivity index (χ3v) is 4.48. The van der Waals surface area contributed by atoms with Crippen LogP contribution in [0.15, 0.2) is 60.7 Å². The van der Waals surface area contributed by atoms with Crippen LogP contribution in [-0.2, 0) is 9.59 Å². The second kappa shape index (κ2) is 10.2. The van der Waals surface area contributed by atoms with E-state index in [0.717, 1.165) is 6.42 Å². The van der Waals surface area contributed by atoms with Gasteiger partial charge in [-0.15, -0.1) is 0 Å². The zero-order valence-corrected chi connectivity index (χ0v) is 16.0. The lowest BCUT2D eigenvalue weighted by Gasteiger charge is -2.19. The molecule has 2 aromatic rings. The molecule has 2 N–H and O–H groups in total. The van der Waals surface area contributed by atoms with E-state index >= 15 is 0 Å². The van der Waals surface area contributed by atoms with E-state index in [4.69, 9.17) is 23.2 Å². The van der Waals surface area contributed by atoms with Crippen LogP contribution >= 0.6 is 23.2 Å². The van der Waals surface area contributed by atoms with Gasteiger partial charge in [-0.2, -0.15) is 0 Å². The van der Waals surface area contributed by atoms with E-state index in [2.05, 4.69) is 34.9 Å². The van der Waals surface area contributed by atoms with Crippen molar-refractivity contribution >= 4 is 35.0 Å². The van der Waals surface area contributed by atoms with Gasteiger partial charge in [0.2, 0.25) is 5.91 Å². The second-order valence-electron chi connectivity index (χ2n) is 5.98. The molecule has 0 aliphatic heterocycles. The van der Waals surface area contributed by atoms with E-state index in [9.17, 15) is 9.59 Å². The average molecular weight is 393 g/mol. The number of rotatable bonds is 8. The zero-order valence-electron chi connectivity index (χ0n) is 14.5. The molecule has 0 aromatic heterocycles. The molecule has 0 radical (unpaired) electrons. The van der Waals surface area contributed by atoms with Crippen LogP contribution in [0.5, 0.6) is 0 Å². The first-order valence-corrected chi connectivity index (χ1v) is 9.32. The van der Waals surface area contributed by atoms with Gasteiger partial charge < -0.3 is 10.6 Å². The summed E-state index contributed by atoms with van der Waals surface area (Å²) in [5.74, 6) is -0.674.